The molecule has 330 valence electrons. The minimum absolute atomic E-state index is 0.0658. The van der Waals surface area contributed by atoms with Crippen molar-refractivity contribution in [3.05, 3.63) is 111 Å². The highest BCUT2D eigenvalue weighted by molar-refractivity contribution is 6.22. The molecule has 62 heavy (non-hydrogen) atoms. The molecule has 4 aromatic carbocycles. The van der Waals surface area contributed by atoms with Crippen LogP contribution >= 0.6 is 0 Å². The number of carbonyl (C=O) groups excluding carboxylic acids is 2. The normalized spacial score (nSPS) is 15.3. The highest BCUT2D eigenvalue weighted by Crippen LogP contribution is 2.49. The Morgan fingerprint density at radius 3 is 2.15 bits per heavy atom. The number of alkyl halides is 8. The number of ketones is 1. The quantitative estimate of drug-likeness (QED) is 0.0307. The fraction of sp³-hybridized carbons (Fsp3) is 0.396. The van der Waals surface area contributed by atoms with Crippen LogP contribution in [0.1, 0.15) is 91.1 Å². The number of benzene rings is 4. The molecule has 0 amide bonds. The maximum Gasteiger partial charge on any atom is 0.381 e. The van der Waals surface area contributed by atoms with Gasteiger partial charge in [0.1, 0.15) is 5.75 Å². The molecule has 0 saturated heterocycles. The van der Waals surface area contributed by atoms with Gasteiger partial charge in [0.05, 0.1) is 11.2 Å². The number of oxime groups is 1. The monoisotopic (exact) mass is 868 g/mol. The van der Waals surface area contributed by atoms with Crippen LogP contribution in [0.5, 0.6) is 5.75 Å². The molecule has 0 fully saturated rings. The molecular formula is C48H48F8N2O4. The number of fused-ring (bicyclic) bond motifs is 5. The first-order chi connectivity index (χ1) is 29.2. The Morgan fingerprint density at radius 1 is 0.871 bits per heavy atom. The number of rotatable bonds is 17. The summed E-state index contributed by atoms with van der Waals surface area (Å²) in [5.41, 5.74) is 4.43. The van der Waals surface area contributed by atoms with Gasteiger partial charge in [-0.3, -0.25) is 4.79 Å². The van der Waals surface area contributed by atoms with E-state index in [4.69, 9.17) is 9.57 Å². The number of hydrogen-bond acceptors (Lipinski definition) is 5. The molecule has 2 unspecified atom stereocenters. The van der Waals surface area contributed by atoms with E-state index in [1.165, 1.54) is 18.2 Å². The van der Waals surface area contributed by atoms with E-state index in [-0.39, 0.29) is 23.5 Å². The highest BCUT2D eigenvalue weighted by Gasteiger charge is 2.75. The van der Waals surface area contributed by atoms with Crippen molar-refractivity contribution in [3.63, 3.8) is 0 Å². The maximum atomic E-state index is 14.7. The molecule has 2 atom stereocenters. The molecule has 1 aliphatic rings. The van der Waals surface area contributed by atoms with E-state index < -0.39 is 48.4 Å². The molecule has 0 spiro atoms. The molecular weight excluding hydrogens is 821 g/mol. The summed E-state index contributed by atoms with van der Waals surface area (Å²) in [4.78, 5) is 31.9. The number of hydrogen-bond donors (Lipinski definition) is 0. The molecule has 0 radical (unpaired) electrons. The standard InChI is InChI=1S/C48H48F8N2O4/c1-7-9-14-31(8-2)25-58-39-20-19-32(42(57-62-30(6)59)35-17-12-13-18-40(35)61-26-46(51,52)48(55,56)47(53,54)45(49)50)23-36(39)37-24-38(33-15-10-11-16-34(33)43(37)58)44(60)41-28(4)21-27(3)22-29(41)5/h10-13,15-18,20-24,31-32,45H,7-9,14,19,25-26H2,1-6H3/b57-42+. The third-order valence-electron chi connectivity index (χ3n) is 11.6. The molecule has 6 nitrogen and oxygen atoms in total. The lowest BCUT2D eigenvalue weighted by Crippen LogP contribution is -2.59. The summed E-state index contributed by atoms with van der Waals surface area (Å²) in [5.74, 6) is -20.7. The Labute approximate surface area is 353 Å². The van der Waals surface area contributed by atoms with Gasteiger partial charge >= 0.3 is 30.2 Å². The van der Waals surface area contributed by atoms with Crippen LogP contribution in [0.25, 0.3) is 33.8 Å². The molecule has 0 aliphatic heterocycles. The first kappa shape index (κ1) is 46.0. The summed E-state index contributed by atoms with van der Waals surface area (Å²) in [5, 5.41) is 7.96. The molecule has 1 heterocycles. The Hall–Kier alpha value is -5.53. The van der Waals surface area contributed by atoms with E-state index in [2.05, 4.69) is 23.6 Å². The van der Waals surface area contributed by atoms with E-state index in [1.807, 2.05) is 75.4 Å². The molecule has 1 aliphatic carbocycles. The SMILES string of the molecule is CCCCC(CC)Cn1c2c(c3cc(C(=O)c4c(C)cc(C)cc4C)c4ccccc4c31)=CC(/C(=N\OC(C)=O)c1ccccc1OCC(F)(F)C(F)(F)C(F)(F)C(F)F)CC=2. The van der Waals surface area contributed by atoms with Crippen molar-refractivity contribution >= 4 is 51.3 Å². The zero-order valence-electron chi connectivity index (χ0n) is 35.2. The Balaban J connectivity index is 1.56. The van der Waals surface area contributed by atoms with E-state index in [0.29, 0.717) is 28.8 Å². The summed E-state index contributed by atoms with van der Waals surface area (Å²) in [6.45, 7) is 9.36. The second-order valence-corrected chi connectivity index (χ2v) is 16.1. The average molecular weight is 869 g/mol. The van der Waals surface area contributed by atoms with Crippen molar-refractivity contribution in [2.45, 2.75) is 104 Å². The van der Waals surface area contributed by atoms with Crippen molar-refractivity contribution in [1.82, 2.24) is 4.57 Å². The van der Waals surface area contributed by atoms with Crippen LogP contribution in [0.4, 0.5) is 35.1 Å². The Kier molecular flexibility index (Phi) is 13.4. The fourth-order valence-electron chi connectivity index (χ4n) is 8.45. The zero-order valence-corrected chi connectivity index (χ0v) is 35.2. The summed E-state index contributed by atoms with van der Waals surface area (Å²) in [6.07, 6.45) is 2.86. The molecule has 1 aromatic heterocycles. The Morgan fingerprint density at radius 2 is 1.52 bits per heavy atom. The lowest BCUT2D eigenvalue weighted by Gasteiger charge is -2.32. The number of nitrogens with zero attached hydrogens (tertiary/aromatic N) is 2. The van der Waals surface area contributed by atoms with Gasteiger partial charge in [-0.05, 0) is 74.2 Å². The van der Waals surface area contributed by atoms with Crippen LogP contribution in [0.3, 0.4) is 0 Å². The smallest absolute Gasteiger partial charge is 0.381 e. The van der Waals surface area contributed by atoms with Crippen LogP contribution in [0.15, 0.2) is 71.9 Å². The topological polar surface area (TPSA) is 69.9 Å². The van der Waals surface area contributed by atoms with Crippen molar-refractivity contribution < 1.29 is 54.3 Å². The van der Waals surface area contributed by atoms with Gasteiger partial charge in [0.25, 0.3) is 0 Å². The largest absolute Gasteiger partial charge is 0.486 e. The molecule has 0 N–H and O–H groups in total. The van der Waals surface area contributed by atoms with Crippen LogP contribution in [0.2, 0.25) is 0 Å². The van der Waals surface area contributed by atoms with Gasteiger partial charge in [-0.2, -0.15) is 26.3 Å². The van der Waals surface area contributed by atoms with E-state index in [9.17, 15) is 44.7 Å². The zero-order chi connectivity index (χ0) is 45.3. The van der Waals surface area contributed by atoms with Gasteiger partial charge in [-0.25, -0.2) is 13.6 Å². The van der Waals surface area contributed by atoms with E-state index >= 15 is 0 Å². The van der Waals surface area contributed by atoms with Crippen LogP contribution < -0.4 is 15.3 Å². The van der Waals surface area contributed by atoms with Crippen molar-refractivity contribution in [2.24, 2.45) is 17.0 Å². The van der Waals surface area contributed by atoms with Crippen molar-refractivity contribution in [1.29, 1.82) is 0 Å². The maximum absolute atomic E-state index is 14.7. The molecule has 6 rings (SSSR count). The lowest BCUT2D eigenvalue weighted by atomic mass is 9.88. The Bertz CT molecular complexity index is 2650. The third-order valence-corrected chi connectivity index (χ3v) is 11.6. The van der Waals surface area contributed by atoms with Gasteiger partial charge < -0.3 is 14.1 Å². The van der Waals surface area contributed by atoms with E-state index in [0.717, 1.165) is 82.4 Å². The first-order valence-corrected chi connectivity index (χ1v) is 20.5. The van der Waals surface area contributed by atoms with Crippen molar-refractivity contribution in [2.75, 3.05) is 6.61 Å². The minimum Gasteiger partial charge on any atom is -0.486 e. The van der Waals surface area contributed by atoms with Crippen LogP contribution in [0, 0.1) is 32.6 Å². The summed E-state index contributed by atoms with van der Waals surface area (Å²) in [7, 11) is 0. The second kappa shape index (κ2) is 18.1. The van der Waals surface area contributed by atoms with Gasteiger partial charge in [0.2, 0.25) is 0 Å². The predicted molar refractivity (Wildman–Crippen MR) is 224 cm³/mol. The number of aryl methyl sites for hydroxylation is 3. The third kappa shape index (κ3) is 8.61. The van der Waals surface area contributed by atoms with E-state index in [1.54, 1.807) is 0 Å². The number of carbonyl (C=O) groups is 2. The number of para-hydroxylation sites is 1. The second-order valence-electron chi connectivity index (χ2n) is 16.1. The number of ether oxygens (including phenoxy) is 1. The molecule has 0 bridgehead atoms. The summed E-state index contributed by atoms with van der Waals surface area (Å²) < 4.78 is 118. The van der Waals surface area contributed by atoms with Crippen molar-refractivity contribution in [3.8, 4) is 5.75 Å². The summed E-state index contributed by atoms with van der Waals surface area (Å²) in [6, 6.07) is 18.6. The number of unbranched alkanes of at least 4 members (excludes halogenated alkanes) is 1. The van der Waals surface area contributed by atoms with Gasteiger partial charge in [0.15, 0.2) is 12.4 Å². The van der Waals surface area contributed by atoms with Gasteiger partial charge in [-0.15, -0.1) is 0 Å². The fourth-order valence-corrected chi connectivity index (χ4v) is 8.45. The summed E-state index contributed by atoms with van der Waals surface area (Å²) >= 11 is 0. The minimum atomic E-state index is -6.48. The lowest BCUT2D eigenvalue weighted by molar-refractivity contribution is -0.342. The van der Waals surface area contributed by atoms with Crippen LogP contribution in [-0.2, 0) is 16.2 Å². The van der Waals surface area contributed by atoms with Gasteiger partial charge in [0, 0.05) is 57.4 Å². The highest BCUT2D eigenvalue weighted by atomic mass is 19.4. The van der Waals surface area contributed by atoms with Crippen LogP contribution in [-0.4, -0.2) is 52.8 Å². The van der Waals surface area contributed by atoms with Gasteiger partial charge in [-0.1, -0.05) is 105 Å². The number of aromatic nitrogens is 1. The predicted octanol–water partition coefficient (Wildman–Crippen LogP) is 11.3. The molecule has 14 heteroatoms. The number of halogens is 8. The first-order valence-electron chi connectivity index (χ1n) is 20.5. The molecule has 0 saturated carbocycles. The molecule has 5 aromatic rings. The average Bonchev–Trinajstić information content (AvgIpc) is 3.53.